The molecule has 0 heterocycles. The zero-order chi connectivity index (χ0) is 25.0. The molecule has 0 radical (unpaired) electrons. The van der Waals surface area contributed by atoms with Crippen molar-refractivity contribution < 1.29 is 35.5 Å². The van der Waals surface area contributed by atoms with Crippen LogP contribution >= 0.6 is 0 Å². The molecule has 2 aliphatic rings. The fourth-order valence-electron chi connectivity index (χ4n) is 5.14. The molecule has 1 nitrogen and oxygen atoms in total. The molecule has 8 heteroatoms. The smallest absolute Gasteiger partial charge is 0.311 e. The van der Waals surface area contributed by atoms with Crippen molar-refractivity contribution in [2.45, 2.75) is 94.9 Å². The third-order valence-corrected chi connectivity index (χ3v) is 7.35. The number of hydrogen-bond donors (Lipinski definition) is 0. The second kappa shape index (κ2) is 11.0. The van der Waals surface area contributed by atoms with E-state index in [1.165, 1.54) is 11.1 Å². The van der Waals surface area contributed by atoms with Gasteiger partial charge in [0.15, 0.2) is 0 Å². The average Bonchev–Trinajstić information content (AvgIpc) is 2.77. The van der Waals surface area contributed by atoms with Crippen molar-refractivity contribution >= 4 is 0 Å². The number of rotatable bonds is 9. The second-order valence-corrected chi connectivity index (χ2v) is 9.85. The minimum Gasteiger partial charge on any atom is -0.311 e. The Morgan fingerprint density at radius 3 is 1.94 bits per heavy atom. The highest BCUT2D eigenvalue weighted by Crippen LogP contribution is 2.48. The first kappa shape index (κ1) is 27.0. The molecule has 0 bridgehead atoms. The number of halogens is 7. The molecular weight excluding hydrogens is 461 g/mol. The van der Waals surface area contributed by atoms with Gasteiger partial charge in [-0.05, 0) is 81.3 Å². The minimum absolute atomic E-state index is 0.154. The van der Waals surface area contributed by atoms with Crippen LogP contribution in [0.2, 0.25) is 0 Å². The van der Waals surface area contributed by atoms with E-state index in [0.29, 0.717) is 12.8 Å². The predicted octanol–water partition coefficient (Wildman–Crippen LogP) is 8.52. The van der Waals surface area contributed by atoms with E-state index in [2.05, 4.69) is 35.6 Å². The first-order chi connectivity index (χ1) is 15.9. The maximum absolute atomic E-state index is 14.7. The lowest BCUT2D eigenvalue weighted by Crippen LogP contribution is -2.49. The lowest BCUT2D eigenvalue weighted by atomic mass is 9.78. The summed E-state index contributed by atoms with van der Waals surface area (Å²) in [5.41, 5.74) is 2.43. The Hall–Kier alpha value is -1.57. The molecule has 2 saturated carbocycles. The van der Waals surface area contributed by atoms with Crippen LogP contribution in [0.15, 0.2) is 36.9 Å². The molecule has 0 amide bonds. The summed E-state index contributed by atoms with van der Waals surface area (Å²) in [4.78, 5) is 0. The van der Waals surface area contributed by atoms with Crippen molar-refractivity contribution in [3.8, 4) is 0 Å². The lowest BCUT2D eigenvalue weighted by Gasteiger charge is -2.40. The van der Waals surface area contributed by atoms with E-state index in [4.69, 9.17) is 0 Å². The fourth-order valence-corrected chi connectivity index (χ4v) is 5.14. The number of allylic oxidation sites excluding steroid dienone is 1. The predicted molar refractivity (Wildman–Crippen MR) is 117 cm³/mol. The third-order valence-electron chi connectivity index (χ3n) is 7.35. The molecular formula is C26H33F7O. The summed E-state index contributed by atoms with van der Waals surface area (Å²) < 4.78 is 101. The quantitative estimate of drug-likeness (QED) is 0.247. The van der Waals surface area contributed by atoms with Crippen LogP contribution in [0, 0.1) is 17.8 Å². The van der Waals surface area contributed by atoms with E-state index in [1.54, 1.807) is 0 Å². The molecule has 34 heavy (non-hydrogen) atoms. The Labute approximate surface area is 196 Å². The molecule has 192 valence electrons. The van der Waals surface area contributed by atoms with E-state index in [9.17, 15) is 30.7 Å². The summed E-state index contributed by atoms with van der Waals surface area (Å²) in [6.07, 6.45) is -6.70. The molecule has 1 aromatic carbocycles. The van der Waals surface area contributed by atoms with Gasteiger partial charge in [0, 0.05) is 6.42 Å². The molecule has 3 rings (SSSR count). The first-order valence-electron chi connectivity index (χ1n) is 12.1. The number of ether oxygens (including phenoxy) is 1. The Kier molecular flexibility index (Phi) is 8.75. The van der Waals surface area contributed by atoms with Crippen LogP contribution < -0.4 is 0 Å². The van der Waals surface area contributed by atoms with E-state index in [0.717, 1.165) is 25.7 Å². The molecule has 0 aromatic heterocycles. The average molecular weight is 495 g/mol. The molecule has 0 aliphatic heterocycles. The maximum Gasteiger partial charge on any atom is 0.392 e. The van der Waals surface area contributed by atoms with E-state index in [1.807, 2.05) is 6.08 Å². The highest BCUT2D eigenvalue weighted by molar-refractivity contribution is 5.23. The largest absolute Gasteiger partial charge is 0.392 e. The highest BCUT2D eigenvalue weighted by Gasteiger charge is 2.57. The Morgan fingerprint density at radius 2 is 1.41 bits per heavy atom. The topological polar surface area (TPSA) is 9.23 Å². The molecule has 0 spiro atoms. The van der Waals surface area contributed by atoms with Crippen LogP contribution in [-0.2, 0) is 17.6 Å². The van der Waals surface area contributed by atoms with Crippen LogP contribution in [0.4, 0.5) is 30.7 Å². The van der Waals surface area contributed by atoms with Crippen LogP contribution in [0.5, 0.6) is 0 Å². The van der Waals surface area contributed by atoms with Crippen molar-refractivity contribution in [2.75, 3.05) is 0 Å². The highest BCUT2D eigenvalue weighted by atomic mass is 19.4. The van der Waals surface area contributed by atoms with Gasteiger partial charge < -0.3 is 4.74 Å². The Bertz CT molecular complexity index is 779. The van der Waals surface area contributed by atoms with E-state index in [-0.39, 0.29) is 18.8 Å². The molecule has 2 aliphatic carbocycles. The fraction of sp³-hybridized carbons (Fsp3) is 0.692. The van der Waals surface area contributed by atoms with Gasteiger partial charge >= 0.3 is 12.3 Å². The minimum atomic E-state index is -4.76. The summed E-state index contributed by atoms with van der Waals surface area (Å²) in [6, 6.07) is 8.34. The molecule has 2 unspecified atom stereocenters. The molecule has 2 atom stereocenters. The second-order valence-electron chi connectivity index (χ2n) is 9.85. The summed E-state index contributed by atoms with van der Waals surface area (Å²) in [5.74, 6) is -7.03. The Morgan fingerprint density at radius 1 is 0.853 bits per heavy atom. The van der Waals surface area contributed by atoms with Gasteiger partial charge in [-0.15, -0.1) is 6.58 Å². The monoisotopic (exact) mass is 494 g/mol. The maximum atomic E-state index is 14.7. The standard InChI is InChI=1S/C26H33F7O/c1-2-3-4-18-5-7-19(8-6-18)9-10-20-11-13-21(14-12-20)26(32,33)34-23-16-15-22(25(29,30)31)17-24(23,27)28/h2,5-8,20-23H,1,3-4,9-17H2. The van der Waals surface area contributed by atoms with Gasteiger partial charge in [-0.25, -0.2) is 8.78 Å². The van der Waals surface area contributed by atoms with Gasteiger partial charge in [-0.3, -0.25) is 0 Å². The molecule has 1 aromatic rings. The van der Waals surface area contributed by atoms with Gasteiger partial charge in [-0.1, -0.05) is 30.3 Å². The van der Waals surface area contributed by atoms with Crippen molar-refractivity contribution in [3.63, 3.8) is 0 Å². The zero-order valence-corrected chi connectivity index (χ0v) is 19.2. The molecule has 2 fully saturated rings. The van der Waals surface area contributed by atoms with E-state index >= 15 is 0 Å². The van der Waals surface area contributed by atoms with Crippen LogP contribution in [-0.4, -0.2) is 24.3 Å². The summed E-state index contributed by atoms with van der Waals surface area (Å²) >= 11 is 0. The van der Waals surface area contributed by atoms with Crippen LogP contribution in [0.25, 0.3) is 0 Å². The zero-order valence-electron chi connectivity index (χ0n) is 19.2. The number of alkyl halides is 7. The van der Waals surface area contributed by atoms with Gasteiger partial charge in [0.05, 0.1) is 11.8 Å². The van der Waals surface area contributed by atoms with Gasteiger partial charge in [0.1, 0.15) is 6.10 Å². The number of hydrogen-bond acceptors (Lipinski definition) is 1. The van der Waals surface area contributed by atoms with Crippen molar-refractivity contribution in [1.29, 1.82) is 0 Å². The van der Waals surface area contributed by atoms with E-state index < -0.39 is 55.4 Å². The Balaban J connectivity index is 1.45. The molecule has 0 saturated heterocycles. The van der Waals surface area contributed by atoms with Crippen molar-refractivity contribution in [1.82, 2.24) is 0 Å². The third kappa shape index (κ3) is 7.22. The number of aryl methyl sites for hydroxylation is 2. The molecule has 0 N–H and O–H groups in total. The lowest BCUT2D eigenvalue weighted by molar-refractivity contribution is -0.339. The van der Waals surface area contributed by atoms with Gasteiger partial charge in [-0.2, -0.15) is 22.0 Å². The van der Waals surface area contributed by atoms with Crippen molar-refractivity contribution in [3.05, 3.63) is 48.0 Å². The SMILES string of the molecule is C=CCCc1ccc(CCC2CCC(C(F)(F)OC3CCC(C(F)(F)F)CC3(F)F)CC2)cc1. The van der Waals surface area contributed by atoms with Crippen molar-refractivity contribution in [2.24, 2.45) is 17.8 Å². The van der Waals surface area contributed by atoms with Crippen LogP contribution in [0.1, 0.15) is 68.9 Å². The number of benzene rings is 1. The summed E-state index contributed by atoms with van der Waals surface area (Å²) in [7, 11) is 0. The summed E-state index contributed by atoms with van der Waals surface area (Å²) in [5, 5.41) is 0. The summed E-state index contributed by atoms with van der Waals surface area (Å²) in [6.45, 7) is 3.72. The first-order valence-corrected chi connectivity index (χ1v) is 12.1. The van der Waals surface area contributed by atoms with Gasteiger partial charge in [0.2, 0.25) is 0 Å². The van der Waals surface area contributed by atoms with Crippen LogP contribution in [0.3, 0.4) is 0 Å². The normalized spacial score (nSPS) is 28.0. The van der Waals surface area contributed by atoms with Gasteiger partial charge in [0.25, 0.3) is 5.92 Å².